The Labute approximate surface area is 96.9 Å². The molecule has 76 valence electrons. The van der Waals surface area contributed by atoms with Crippen LogP contribution >= 0.6 is 15.9 Å². The third kappa shape index (κ3) is 2.10. The summed E-state index contributed by atoms with van der Waals surface area (Å²) >= 11 is 3.41. The standard InChI is InChI=1S/C13H10BrF/c1-9-12(6-3-7-13(9)15)10-4-2-5-11(14)8-10/h2-8H,1H3. The molecular weight excluding hydrogens is 255 g/mol. The number of hydrogen-bond acceptors (Lipinski definition) is 0. The van der Waals surface area contributed by atoms with Crippen LogP contribution in [0.1, 0.15) is 5.56 Å². The minimum absolute atomic E-state index is 0.160. The first-order valence-electron chi connectivity index (χ1n) is 4.69. The fraction of sp³-hybridized carbons (Fsp3) is 0.0769. The van der Waals surface area contributed by atoms with Crippen molar-refractivity contribution < 1.29 is 4.39 Å². The molecule has 0 saturated carbocycles. The highest BCUT2D eigenvalue weighted by Gasteiger charge is 2.05. The number of hydrogen-bond donors (Lipinski definition) is 0. The molecule has 2 aromatic rings. The molecule has 0 unspecified atom stereocenters. The van der Waals surface area contributed by atoms with Crippen molar-refractivity contribution in [3.05, 3.63) is 58.3 Å². The molecule has 0 heterocycles. The van der Waals surface area contributed by atoms with Gasteiger partial charge in [-0.3, -0.25) is 0 Å². The van der Waals surface area contributed by atoms with Crippen LogP contribution in [0.25, 0.3) is 11.1 Å². The van der Waals surface area contributed by atoms with Crippen LogP contribution in [0.15, 0.2) is 46.9 Å². The van der Waals surface area contributed by atoms with E-state index in [-0.39, 0.29) is 5.82 Å². The largest absolute Gasteiger partial charge is 0.207 e. The van der Waals surface area contributed by atoms with Gasteiger partial charge in [0, 0.05) is 4.47 Å². The van der Waals surface area contributed by atoms with Gasteiger partial charge in [-0.15, -0.1) is 0 Å². The number of halogens is 2. The van der Waals surface area contributed by atoms with Gasteiger partial charge in [-0.2, -0.15) is 0 Å². The maximum Gasteiger partial charge on any atom is 0.126 e. The van der Waals surface area contributed by atoms with Gasteiger partial charge >= 0.3 is 0 Å². The summed E-state index contributed by atoms with van der Waals surface area (Å²) in [6, 6.07) is 13.0. The van der Waals surface area contributed by atoms with Gasteiger partial charge in [-0.1, -0.05) is 40.2 Å². The number of rotatable bonds is 1. The first-order valence-corrected chi connectivity index (χ1v) is 5.49. The topological polar surface area (TPSA) is 0 Å². The van der Waals surface area contributed by atoms with Gasteiger partial charge < -0.3 is 0 Å². The fourth-order valence-electron chi connectivity index (χ4n) is 1.58. The predicted octanol–water partition coefficient (Wildman–Crippen LogP) is 4.56. The first kappa shape index (κ1) is 10.4. The highest BCUT2D eigenvalue weighted by molar-refractivity contribution is 9.10. The third-order valence-corrected chi connectivity index (χ3v) is 2.90. The Kier molecular flexibility index (Phi) is 2.87. The van der Waals surface area contributed by atoms with Gasteiger partial charge in [-0.25, -0.2) is 4.39 Å². The second-order valence-electron chi connectivity index (χ2n) is 3.42. The van der Waals surface area contributed by atoms with E-state index in [1.165, 1.54) is 6.07 Å². The summed E-state index contributed by atoms with van der Waals surface area (Å²) in [5.74, 6) is -0.160. The molecule has 0 N–H and O–H groups in total. The van der Waals surface area contributed by atoms with Crippen LogP contribution in [-0.4, -0.2) is 0 Å². The van der Waals surface area contributed by atoms with E-state index in [9.17, 15) is 4.39 Å². The molecule has 15 heavy (non-hydrogen) atoms. The van der Waals surface area contributed by atoms with E-state index in [0.717, 1.165) is 15.6 Å². The van der Waals surface area contributed by atoms with Crippen LogP contribution < -0.4 is 0 Å². The molecule has 0 spiro atoms. The summed E-state index contributed by atoms with van der Waals surface area (Å²) < 4.78 is 14.4. The Morgan fingerprint density at radius 2 is 1.80 bits per heavy atom. The molecule has 2 heteroatoms. The van der Waals surface area contributed by atoms with Crippen LogP contribution in [0.4, 0.5) is 4.39 Å². The first-order chi connectivity index (χ1) is 7.18. The molecule has 0 atom stereocenters. The molecule has 0 aliphatic heterocycles. The van der Waals surface area contributed by atoms with Crippen molar-refractivity contribution in [2.45, 2.75) is 6.92 Å². The van der Waals surface area contributed by atoms with Crippen LogP contribution in [-0.2, 0) is 0 Å². The number of benzene rings is 2. The van der Waals surface area contributed by atoms with Gasteiger partial charge in [0.1, 0.15) is 5.82 Å². The molecule has 0 saturated heterocycles. The van der Waals surface area contributed by atoms with Gasteiger partial charge in [0.05, 0.1) is 0 Å². The van der Waals surface area contributed by atoms with E-state index in [2.05, 4.69) is 15.9 Å². The van der Waals surface area contributed by atoms with Gasteiger partial charge in [0.2, 0.25) is 0 Å². The Bertz CT molecular complexity index is 492. The molecule has 2 aromatic carbocycles. The lowest BCUT2D eigenvalue weighted by Crippen LogP contribution is -1.87. The SMILES string of the molecule is Cc1c(F)cccc1-c1cccc(Br)c1. The predicted molar refractivity (Wildman–Crippen MR) is 64.3 cm³/mol. The molecule has 0 nitrogen and oxygen atoms in total. The van der Waals surface area contributed by atoms with E-state index < -0.39 is 0 Å². The van der Waals surface area contributed by atoms with E-state index in [0.29, 0.717) is 5.56 Å². The van der Waals surface area contributed by atoms with Crippen LogP contribution in [0.5, 0.6) is 0 Å². The molecule has 0 fully saturated rings. The second kappa shape index (κ2) is 4.15. The highest BCUT2D eigenvalue weighted by atomic mass is 79.9. The summed E-state index contributed by atoms with van der Waals surface area (Å²) in [4.78, 5) is 0. The highest BCUT2D eigenvalue weighted by Crippen LogP contribution is 2.27. The minimum atomic E-state index is -0.160. The lowest BCUT2D eigenvalue weighted by molar-refractivity contribution is 0.619. The summed E-state index contributed by atoms with van der Waals surface area (Å²) in [6.45, 7) is 1.80. The summed E-state index contributed by atoms with van der Waals surface area (Å²) in [5.41, 5.74) is 2.66. The lowest BCUT2D eigenvalue weighted by Gasteiger charge is -2.06. The maximum atomic E-state index is 13.4. The molecular formula is C13H10BrF. The van der Waals surface area contributed by atoms with Crippen molar-refractivity contribution in [3.8, 4) is 11.1 Å². The van der Waals surface area contributed by atoms with Crippen molar-refractivity contribution in [1.82, 2.24) is 0 Å². The molecule has 0 bridgehead atoms. The van der Waals surface area contributed by atoms with Crippen molar-refractivity contribution in [2.24, 2.45) is 0 Å². The average molecular weight is 265 g/mol. The lowest BCUT2D eigenvalue weighted by atomic mass is 10.0. The Hall–Kier alpha value is -1.15. The zero-order valence-corrected chi connectivity index (χ0v) is 9.88. The van der Waals surface area contributed by atoms with Crippen LogP contribution in [0.3, 0.4) is 0 Å². The quantitative estimate of drug-likeness (QED) is 0.708. The van der Waals surface area contributed by atoms with Crippen molar-refractivity contribution >= 4 is 15.9 Å². The van der Waals surface area contributed by atoms with E-state index in [1.54, 1.807) is 13.0 Å². The molecule has 0 aliphatic carbocycles. The Morgan fingerprint density at radius 1 is 1.07 bits per heavy atom. The smallest absolute Gasteiger partial charge is 0.126 e. The van der Waals surface area contributed by atoms with Crippen molar-refractivity contribution in [2.75, 3.05) is 0 Å². The molecule has 0 aromatic heterocycles. The minimum Gasteiger partial charge on any atom is -0.207 e. The normalized spacial score (nSPS) is 10.3. The summed E-state index contributed by atoms with van der Waals surface area (Å²) in [6.07, 6.45) is 0. The van der Waals surface area contributed by atoms with Gasteiger partial charge in [-0.05, 0) is 41.8 Å². The van der Waals surface area contributed by atoms with Crippen molar-refractivity contribution in [3.63, 3.8) is 0 Å². The third-order valence-electron chi connectivity index (χ3n) is 2.40. The van der Waals surface area contributed by atoms with Crippen LogP contribution in [0, 0.1) is 12.7 Å². The molecule has 0 radical (unpaired) electrons. The maximum absolute atomic E-state index is 13.4. The zero-order valence-electron chi connectivity index (χ0n) is 8.30. The van der Waals surface area contributed by atoms with Gasteiger partial charge in [0.15, 0.2) is 0 Å². The Morgan fingerprint density at radius 3 is 2.53 bits per heavy atom. The fourth-order valence-corrected chi connectivity index (χ4v) is 1.98. The van der Waals surface area contributed by atoms with Gasteiger partial charge in [0.25, 0.3) is 0 Å². The van der Waals surface area contributed by atoms with E-state index in [1.807, 2.05) is 30.3 Å². The zero-order chi connectivity index (χ0) is 10.8. The van der Waals surface area contributed by atoms with Crippen LogP contribution in [0.2, 0.25) is 0 Å². The molecule has 0 aliphatic rings. The second-order valence-corrected chi connectivity index (χ2v) is 4.34. The summed E-state index contributed by atoms with van der Waals surface area (Å²) in [5, 5.41) is 0. The Balaban J connectivity index is 2.59. The van der Waals surface area contributed by atoms with Crippen molar-refractivity contribution in [1.29, 1.82) is 0 Å². The summed E-state index contributed by atoms with van der Waals surface area (Å²) in [7, 11) is 0. The van der Waals surface area contributed by atoms with E-state index in [4.69, 9.17) is 0 Å². The molecule has 0 amide bonds. The monoisotopic (exact) mass is 264 g/mol. The average Bonchev–Trinajstić information content (AvgIpc) is 2.22. The van der Waals surface area contributed by atoms with E-state index >= 15 is 0 Å². The molecule has 2 rings (SSSR count).